The summed E-state index contributed by atoms with van der Waals surface area (Å²) in [5.41, 5.74) is 0. The number of benzene rings is 2. The summed E-state index contributed by atoms with van der Waals surface area (Å²) < 4.78 is 7.23. The average molecular weight is 549 g/mol. The minimum Gasteiger partial charge on any atom is -0.405 e. The molecule has 0 aliphatic heterocycles. The summed E-state index contributed by atoms with van der Waals surface area (Å²) in [6.07, 6.45) is 18.6. The summed E-state index contributed by atoms with van der Waals surface area (Å²) in [5.74, 6) is 6.51. The maximum Gasteiger partial charge on any atom is 0.261 e. The van der Waals surface area contributed by atoms with Gasteiger partial charge in [0.2, 0.25) is 0 Å². The summed E-state index contributed by atoms with van der Waals surface area (Å²) in [7, 11) is -2.44. The highest BCUT2D eigenvalue weighted by molar-refractivity contribution is 6.99. The van der Waals surface area contributed by atoms with E-state index in [1.54, 1.807) is 0 Å². The van der Waals surface area contributed by atoms with Crippen LogP contribution in [-0.4, -0.2) is 26.1 Å². The quantitative estimate of drug-likeness (QED) is 0.108. The monoisotopic (exact) mass is 548 g/mol. The maximum absolute atomic E-state index is 8.77. The molecule has 0 amide bonds. The molecule has 2 aromatic carbocycles. The Bertz CT molecular complexity index is 884. The number of rotatable bonds is 19. The van der Waals surface area contributed by atoms with Gasteiger partial charge in [-0.15, -0.1) is 11.8 Å². The summed E-state index contributed by atoms with van der Waals surface area (Å²) >= 11 is 0. The van der Waals surface area contributed by atoms with E-state index in [1.165, 1.54) is 74.6 Å². The van der Waals surface area contributed by atoms with E-state index in [0.29, 0.717) is 6.61 Å². The van der Waals surface area contributed by atoms with Crippen molar-refractivity contribution in [2.45, 2.75) is 135 Å². The smallest absolute Gasteiger partial charge is 0.261 e. The molecule has 0 bridgehead atoms. The zero-order valence-electron chi connectivity index (χ0n) is 25.5. The summed E-state index contributed by atoms with van der Waals surface area (Å²) in [6.45, 7) is 9.68. The number of hydrogen-bond acceptors (Lipinski definition) is 2. The van der Waals surface area contributed by atoms with Crippen molar-refractivity contribution < 1.29 is 9.53 Å². The van der Waals surface area contributed by atoms with Gasteiger partial charge in [0.15, 0.2) is 0 Å². The summed E-state index contributed by atoms with van der Waals surface area (Å²) in [6, 6.07) is 22.0. The number of unbranched alkanes of at least 4 members (excludes halogenated alkanes) is 12. The molecule has 0 saturated heterocycles. The van der Waals surface area contributed by atoms with Crippen molar-refractivity contribution in [2.24, 2.45) is 0 Å². The molecule has 0 heterocycles. The van der Waals surface area contributed by atoms with Crippen molar-refractivity contribution in [2.75, 3.05) is 6.61 Å². The van der Waals surface area contributed by atoms with E-state index in [9.17, 15) is 0 Å². The van der Waals surface area contributed by atoms with E-state index >= 15 is 0 Å². The van der Waals surface area contributed by atoms with Crippen LogP contribution in [0.15, 0.2) is 60.7 Å². The van der Waals surface area contributed by atoms with Crippen LogP contribution in [0.4, 0.5) is 0 Å². The van der Waals surface area contributed by atoms with Crippen molar-refractivity contribution in [1.29, 1.82) is 0 Å². The molecule has 3 heteroatoms. The highest BCUT2D eigenvalue weighted by Gasteiger charge is 2.50. The molecule has 1 N–H and O–H groups in total. The first-order valence-corrected chi connectivity index (χ1v) is 17.7. The molecule has 0 aliphatic rings. The van der Waals surface area contributed by atoms with Gasteiger partial charge in [-0.25, -0.2) is 0 Å². The molecule has 0 aliphatic carbocycles. The number of hydrogen-bond donors (Lipinski definition) is 1. The van der Waals surface area contributed by atoms with Crippen molar-refractivity contribution in [1.82, 2.24) is 0 Å². The van der Waals surface area contributed by atoms with E-state index in [-0.39, 0.29) is 11.1 Å². The van der Waals surface area contributed by atoms with E-state index in [2.05, 4.69) is 100 Å². The second-order valence-electron chi connectivity index (χ2n) is 12.2. The lowest BCUT2D eigenvalue weighted by molar-refractivity contribution is 0.192. The predicted molar refractivity (Wildman–Crippen MR) is 172 cm³/mol. The predicted octanol–water partition coefficient (Wildman–Crippen LogP) is 8.80. The maximum atomic E-state index is 8.77. The second kappa shape index (κ2) is 19.3. The topological polar surface area (TPSA) is 29.5 Å². The van der Waals surface area contributed by atoms with Gasteiger partial charge in [-0.1, -0.05) is 139 Å². The Hall–Kier alpha value is -1.86. The van der Waals surface area contributed by atoms with Crippen LogP contribution in [0.3, 0.4) is 0 Å². The van der Waals surface area contributed by atoms with E-state index in [1.807, 2.05) is 0 Å². The Morgan fingerprint density at radius 3 is 1.49 bits per heavy atom. The fourth-order valence-corrected chi connectivity index (χ4v) is 10.3. The Kier molecular flexibility index (Phi) is 16.5. The second-order valence-corrected chi connectivity index (χ2v) is 16.5. The van der Waals surface area contributed by atoms with Gasteiger partial charge in [0.25, 0.3) is 8.32 Å². The molecule has 2 rings (SSSR count). The highest BCUT2D eigenvalue weighted by Crippen LogP contribution is 2.38. The zero-order chi connectivity index (χ0) is 28.2. The van der Waals surface area contributed by atoms with E-state index in [4.69, 9.17) is 9.53 Å². The van der Waals surface area contributed by atoms with E-state index < -0.39 is 8.32 Å². The fraction of sp³-hybridized carbons (Fsp3) is 0.611. The van der Waals surface area contributed by atoms with Crippen LogP contribution in [0.5, 0.6) is 0 Å². The molecular weight excluding hydrogens is 492 g/mol. The molecule has 1 unspecified atom stereocenters. The molecular formula is C36H56O2Si. The Morgan fingerprint density at radius 2 is 1.05 bits per heavy atom. The molecule has 0 saturated carbocycles. The van der Waals surface area contributed by atoms with Crippen LogP contribution >= 0.6 is 0 Å². The minimum atomic E-state index is -2.44. The number of aliphatic hydroxyl groups excluding tert-OH is 1. The Balaban J connectivity index is 1.67. The summed E-state index contributed by atoms with van der Waals surface area (Å²) in [4.78, 5) is 0. The first-order valence-electron chi connectivity index (χ1n) is 15.8. The third kappa shape index (κ3) is 12.0. The normalized spacial score (nSPS) is 12.6. The Morgan fingerprint density at radius 1 is 0.641 bits per heavy atom. The lowest BCUT2D eigenvalue weighted by atomic mass is 10.0. The lowest BCUT2D eigenvalue weighted by Crippen LogP contribution is -2.67. The first kappa shape index (κ1) is 33.3. The van der Waals surface area contributed by atoms with Crippen LogP contribution in [-0.2, 0) is 4.43 Å². The van der Waals surface area contributed by atoms with Crippen LogP contribution in [0.2, 0.25) is 5.04 Å². The Labute approximate surface area is 242 Å². The van der Waals surface area contributed by atoms with Crippen LogP contribution in [0, 0.1) is 11.8 Å². The van der Waals surface area contributed by atoms with Crippen LogP contribution < -0.4 is 10.4 Å². The number of aliphatic hydroxyl groups is 1. The largest absolute Gasteiger partial charge is 0.405 e. The lowest BCUT2D eigenvalue weighted by Gasteiger charge is -2.44. The van der Waals surface area contributed by atoms with Gasteiger partial charge in [0, 0.05) is 25.6 Å². The SMILES string of the molecule is CC(CCCCCCCCCCCCC#CCCCCO)O[Si](c1ccccc1)(c1ccccc1)C(C)(C)C. The van der Waals surface area contributed by atoms with Gasteiger partial charge in [-0.2, -0.15) is 0 Å². The highest BCUT2D eigenvalue weighted by atomic mass is 28.4. The van der Waals surface area contributed by atoms with Crippen LogP contribution in [0.25, 0.3) is 0 Å². The van der Waals surface area contributed by atoms with Gasteiger partial charge >= 0.3 is 0 Å². The van der Waals surface area contributed by atoms with Gasteiger partial charge in [0.05, 0.1) is 0 Å². The molecule has 0 radical (unpaired) electrons. The molecule has 2 nitrogen and oxygen atoms in total. The van der Waals surface area contributed by atoms with Gasteiger partial charge < -0.3 is 9.53 Å². The standard InChI is InChI=1S/C36H56O2Si/c1-33(27-21-17-15-13-11-9-7-5-6-8-10-12-14-16-18-26-32-37)38-39(36(2,3)4,34-28-22-19-23-29-34)35-30-24-20-25-31-35/h19-20,22-25,28-31,33,37H,5-11,13,15-18,21,26-27,32H2,1-4H3. The zero-order valence-corrected chi connectivity index (χ0v) is 26.5. The molecule has 0 fully saturated rings. The van der Waals surface area contributed by atoms with E-state index in [0.717, 1.165) is 32.1 Å². The fourth-order valence-electron chi connectivity index (χ4n) is 5.61. The van der Waals surface area contributed by atoms with Crippen molar-refractivity contribution in [3.05, 3.63) is 60.7 Å². The molecule has 39 heavy (non-hydrogen) atoms. The molecule has 0 spiro atoms. The molecule has 216 valence electrons. The van der Waals surface area contributed by atoms with Gasteiger partial charge in [-0.3, -0.25) is 0 Å². The molecule has 0 aromatic heterocycles. The minimum absolute atomic E-state index is 0.0397. The van der Waals surface area contributed by atoms with Gasteiger partial charge in [0.1, 0.15) is 0 Å². The molecule has 1 atom stereocenters. The van der Waals surface area contributed by atoms with Crippen LogP contribution in [0.1, 0.15) is 124 Å². The van der Waals surface area contributed by atoms with Crippen molar-refractivity contribution in [3.8, 4) is 11.8 Å². The summed E-state index contributed by atoms with van der Waals surface area (Å²) in [5, 5.41) is 11.6. The third-order valence-electron chi connectivity index (χ3n) is 7.79. The molecule has 2 aromatic rings. The van der Waals surface area contributed by atoms with Gasteiger partial charge in [-0.05, 0) is 48.0 Å². The average Bonchev–Trinajstić information content (AvgIpc) is 2.93. The van der Waals surface area contributed by atoms with Crippen molar-refractivity contribution >= 4 is 18.7 Å². The third-order valence-corrected chi connectivity index (χ3v) is 13.0. The first-order chi connectivity index (χ1) is 18.9. The van der Waals surface area contributed by atoms with Crippen molar-refractivity contribution in [3.63, 3.8) is 0 Å².